The van der Waals surface area contributed by atoms with Gasteiger partial charge in [0.15, 0.2) is 5.75 Å². The lowest BCUT2D eigenvalue weighted by molar-refractivity contribution is -0.385. The Morgan fingerprint density at radius 2 is 2.10 bits per heavy atom. The van der Waals surface area contributed by atoms with Gasteiger partial charge in [0.1, 0.15) is 0 Å². The molecule has 3 aliphatic rings. The van der Waals surface area contributed by atoms with Crippen molar-refractivity contribution in [2.45, 2.75) is 18.9 Å². The zero-order valence-corrected chi connectivity index (χ0v) is 11.1. The molecule has 6 nitrogen and oxygen atoms in total. The fourth-order valence-electron chi connectivity index (χ4n) is 2.83. The van der Waals surface area contributed by atoms with Crippen LogP contribution in [0.3, 0.4) is 0 Å². The van der Waals surface area contributed by atoms with Crippen LogP contribution in [0.25, 0.3) is 0 Å². The number of hydrogen-bond acceptors (Lipinski definition) is 5. The Labute approximate surface area is 116 Å². The van der Waals surface area contributed by atoms with Crippen molar-refractivity contribution in [2.75, 3.05) is 31.2 Å². The third-order valence-electron chi connectivity index (χ3n) is 4.19. The van der Waals surface area contributed by atoms with Gasteiger partial charge in [-0.25, -0.2) is 0 Å². The molecule has 0 atom stereocenters. The van der Waals surface area contributed by atoms with Gasteiger partial charge in [0, 0.05) is 24.8 Å². The van der Waals surface area contributed by atoms with E-state index in [-0.39, 0.29) is 16.7 Å². The molecule has 3 fully saturated rings. The first-order valence-corrected chi connectivity index (χ1v) is 6.93. The molecular weight excluding hydrogens is 260 g/mol. The highest BCUT2D eigenvalue weighted by Gasteiger charge is 2.49. The number of ether oxygens (including phenoxy) is 2. The van der Waals surface area contributed by atoms with E-state index in [0.29, 0.717) is 11.2 Å². The Balaban J connectivity index is 1.54. The van der Waals surface area contributed by atoms with Crippen molar-refractivity contribution in [1.29, 1.82) is 0 Å². The van der Waals surface area contributed by atoms with Gasteiger partial charge in [0.25, 0.3) is 0 Å². The van der Waals surface area contributed by atoms with Crippen LogP contribution in [0.4, 0.5) is 11.4 Å². The van der Waals surface area contributed by atoms with Crippen molar-refractivity contribution >= 4 is 11.4 Å². The van der Waals surface area contributed by atoms with Crippen LogP contribution in [-0.2, 0) is 4.74 Å². The Bertz CT molecular complexity index is 558. The SMILES string of the molecule is O=[N+]([O-])c1cc(N2CC3(COC3)C2)ccc1OC1CC1. The zero-order valence-electron chi connectivity index (χ0n) is 11.1. The van der Waals surface area contributed by atoms with Crippen LogP contribution in [-0.4, -0.2) is 37.3 Å². The molecule has 0 amide bonds. The molecule has 0 N–H and O–H groups in total. The number of anilines is 1. The molecule has 0 unspecified atom stereocenters. The standard InChI is InChI=1S/C14H16N2O4/c17-16(18)12-5-10(1-4-13(12)20-11-2-3-11)15-6-14(7-15)8-19-9-14/h1,4-5,11H,2-3,6-9H2. The van der Waals surface area contributed by atoms with E-state index in [1.807, 2.05) is 6.07 Å². The molecule has 0 bridgehead atoms. The highest BCUT2D eigenvalue weighted by atomic mass is 16.6. The number of nitro benzene ring substituents is 1. The summed E-state index contributed by atoms with van der Waals surface area (Å²) < 4.78 is 10.8. The molecule has 1 spiro atoms. The van der Waals surface area contributed by atoms with Crippen LogP contribution in [0.5, 0.6) is 5.75 Å². The number of benzene rings is 1. The molecular formula is C14H16N2O4. The molecule has 0 aromatic heterocycles. The van der Waals surface area contributed by atoms with E-state index in [0.717, 1.165) is 44.8 Å². The van der Waals surface area contributed by atoms with E-state index in [1.165, 1.54) is 0 Å². The van der Waals surface area contributed by atoms with E-state index >= 15 is 0 Å². The van der Waals surface area contributed by atoms with Crippen molar-refractivity contribution < 1.29 is 14.4 Å². The molecule has 4 rings (SSSR count). The Hall–Kier alpha value is -1.82. The van der Waals surface area contributed by atoms with Gasteiger partial charge in [0.2, 0.25) is 0 Å². The maximum absolute atomic E-state index is 11.2. The molecule has 106 valence electrons. The number of nitrogens with zero attached hydrogens (tertiary/aromatic N) is 2. The van der Waals surface area contributed by atoms with Gasteiger partial charge in [-0.3, -0.25) is 10.1 Å². The Morgan fingerprint density at radius 3 is 2.65 bits per heavy atom. The second kappa shape index (κ2) is 4.09. The molecule has 1 aromatic rings. The maximum Gasteiger partial charge on any atom is 0.312 e. The number of rotatable bonds is 4. The first kappa shape index (κ1) is 12.0. The van der Waals surface area contributed by atoms with E-state index in [1.54, 1.807) is 12.1 Å². The van der Waals surface area contributed by atoms with E-state index < -0.39 is 0 Å². The minimum absolute atomic E-state index is 0.0696. The summed E-state index contributed by atoms with van der Waals surface area (Å²) in [5.41, 5.74) is 1.27. The highest BCUT2D eigenvalue weighted by molar-refractivity contribution is 5.61. The van der Waals surface area contributed by atoms with Gasteiger partial charge < -0.3 is 14.4 Å². The normalized spacial score (nSPS) is 23.1. The molecule has 20 heavy (non-hydrogen) atoms. The average molecular weight is 276 g/mol. The summed E-state index contributed by atoms with van der Waals surface area (Å²) in [5.74, 6) is 0.392. The first-order chi connectivity index (χ1) is 9.65. The first-order valence-electron chi connectivity index (χ1n) is 6.93. The summed E-state index contributed by atoms with van der Waals surface area (Å²) in [7, 11) is 0. The largest absolute Gasteiger partial charge is 0.483 e. The lowest BCUT2D eigenvalue weighted by atomic mass is 9.78. The Morgan fingerprint density at radius 1 is 1.35 bits per heavy atom. The second-order valence-corrected chi connectivity index (χ2v) is 6.08. The van der Waals surface area contributed by atoms with Crippen LogP contribution < -0.4 is 9.64 Å². The van der Waals surface area contributed by atoms with Crippen molar-refractivity contribution in [3.05, 3.63) is 28.3 Å². The summed E-state index contributed by atoms with van der Waals surface area (Å²) in [6, 6.07) is 5.27. The van der Waals surface area contributed by atoms with Crippen molar-refractivity contribution in [3.63, 3.8) is 0 Å². The minimum Gasteiger partial charge on any atom is -0.483 e. The molecule has 1 saturated carbocycles. The van der Waals surface area contributed by atoms with Crippen LogP contribution in [0.1, 0.15) is 12.8 Å². The van der Waals surface area contributed by atoms with Crippen molar-refractivity contribution in [3.8, 4) is 5.75 Å². The minimum atomic E-state index is -0.358. The summed E-state index contributed by atoms with van der Waals surface area (Å²) in [6.07, 6.45) is 2.15. The molecule has 6 heteroatoms. The summed E-state index contributed by atoms with van der Waals surface area (Å²) >= 11 is 0. The zero-order chi connectivity index (χ0) is 13.7. The van der Waals surface area contributed by atoms with E-state index in [2.05, 4.69) is 4.90 Å². The van der Waals surface area contributed by atoms with Gasteiger partial charge in [-0.05, 0) is 25.0 Å². The topological polar surface area (TPSA) is 64.8 Å². The van der Waals surface area contributed by atoms with Crippen molar-refractivity contribution in [1.82, 2.24) is 0 Å². The van der Waals surface area contributed by atoms with Crippen molar-refractivity contribution in [2.24, 2.45) is 5.41 Å². The summed E-state index contributed by atoms with van der Waals surface area (Å²) in [5, 5.41) is 11.2. The van der Waals surface area contributed by atoms with Gasteiger partial charge in [-0.2, -0.15) is 0 Å². The predicted octanol–water partition coefficient (Wildman–Crippen LogP) is 1.97. The van der Waals surface area contributed by atoms with Crippen LogP contribution >= 0.6 is 0 Å². The molecule has 1 aromatic carbocycles. The van der Waals surface area contributed by atoms with Gasteiger partial charge in [-0.1, -0.05) is 0 Å². The lowest BCUT2D eigenvalue weighted by Gasteiger charge is -2.56. The lowest BCUT2D eigenvalue weighted by Crippen LogP contribution is -2.66. The molecule has 1 aliphatic carbocycles. The second-order valence-electron chi connectivity index (χ2n) is 6.08. The maximum atomic E-state index is 11.2. The third-order valence-corrected chi connectivity index (χ3v) is 4.19. The summed E-state index contributed by atoms with van der Waals surface area (Å²) in [6.45, 7) is 3.48. The van der Waals surface area contributed by atoms with Crippen LogP contribution in [0.2, 0.25) is 0 Å². The van der Waals surface area contributed by atoms with Gasteiger partial charge in [0.05, 0.1) is 29.7 Å². The molecule has 2 heterocycles. The highest BCUT2D eigenvalue weighted by Crippen LogP contribution is 2.42. The molecule has 2 aliphatic heterocycles. The quantitative estimate of drug-likeness (QED) is 0.621. The van der Waals surface area contributed by atoms with Crippen LogP contribution in [0, 0.1) is 15.5 Å². The van der Waals surface area contributed by atoms with E-state index in [9.17, 15) is 10.1 Å². The average Bonchev–Trinajstić information content (AvgIpc) is 3.10. The number of nitro groups is 1. The third kappa shape index (κ3) is 1.91. The monoisotopic (exact) mass is 276 g/mol. The molecule has 0 radical (unpaired) electrons. The van der Waals surface area contributed by atoms with Gasteiger partial charge >= 0.3 is 5.69 Å². The molecule has 2 saturated heterocycles. The fourth-order valence-corrected chi connectivity index (χ4v) is 2.83. The number of hydrogen-bond donors (Lipinski definition) is 0. The fraction of sp³-hybridized carbons (Fsp3) is 0.571. The van der Waals surface area contributed by atoms with Gasteiger partial charge in [-0.15, -0.1) is 0 Å². The predicted molar refractivity (Wildman–Crippen MR) is 72.2 cm³/mol. The summed E-state index contributed by atoms with van der Waals surface area (Å²) in [4.78, 5) is 13.0. The van der Waals surface area contributed by atoms with Crippen LogP contribution in [0.15, 0.2) is 18.2 Å². The smallest absolute Gasteiger partial charge is 0.312 e. The Kier molecular flexibility index (Phi) is 2.44. The van der Waals surface area contributed by atoms with E-state index in [4.69, 9.17) is 9.47 Å².